The third-order valence-corrected chi connectivity index (χ3v) is 5.04. The van der Waals surface area contributed by atoms with Crippen molar-refractivity contribution in [2.24, 2.45) is 4.99 Å². The van der Waals surface area contributed by atoms with Crippen LogP contribution in [0.15, 0.2) is 70.2 Å². The van der Waals surface area contributed by atoms with Gasteiger partial charge in [-0.15, -0.1) is 0 Å². The number of rotatable bonds is 1. The summed E-state index contributed by atoms with van der Waals surface area (Å²) in [7, 11) is 0. The second-order valence-electron chi connectivity index (χ2n) is 5.96. The van der Waals surface area contributed by atoms with Crippen LogP contribution in [-0.2, 0) is 6.54 Å². The molecule has 0 amide bonds. The van der Waals surface area contributed by atoms with Crippen LogP contribution < -0.4 is 0 Å². The van der Waals surface area contributed by atoms with Gasteiger partial charge in [-0.1, -0.05) is 29.3 Å². The molecule has 0 N–H and O–H groups in total. The van der Waals surface area contributed by atoms with E-state index < -0.39 is 0 Å². The van der Waals surface area contributed by atoms with Crippen LogP contribution in [0.3, 0.4) is 0 Å². The zero-order chi connectivity index (χ0) is 17.0. The maximum absolute atomic E-state index is 6.40. The van der Waals surface area contributed by atoms with Crippen LogP contribution >= 0.6 is 23.2 Å². The van der Waals surface area contributed by atoms with Gasteiger partial charge in [-0.25, -0.2) is 0 Å². The minimum absolute atomic E-state index is 0.504. The second-order valence-corrected chi connectivity index (χ2v) is 6.80. The summed E-state index contributed by atoms with van der Waals surface area (Å²) in [5, 5.41) is 2.37. The van der Waals surface area contributed by atoms with Gasteiger partial charge in [0, 0.05) is 27.2 Å². The Morgan fingerprint density at radius 2 is 1.92 bits per heavy atom. The monoisotopic (exact) mass is 366 g/mol. The molecule has 1 aliphatic rings. The molecule has 4 aromatic rings. The highest BCUT2D eigenvalue weighted by Gasteiger charge is 2.22. The normalized spacial score (nSPS) is 13.3. The Morgan fingerprint density at radius 1 is 1.00 bits per heavy atom. The first-order chi connectivity index (χ1) is 12.2. The Balaban J connectivity index is 1.73. The van der Waals surface area contributed by atoms with Crippen molar-refractivity contribution < 1.29 is 4.42 Å². The summed E-state index contributed by atoms with van der Waals surface area (Å²) < 4.78 is 8.14. The highest BCUT2D eigenvalue weighted by molar-refractivity contribution is 6.32. The van der Waals surface area contributed by atoms with E-state index in [1.54, 1.807) is 0 Å². The number of nitrogens with zero attached hydrogens (tertiary/aromatic N) is 2. The van der Waals surface area contributed by atoms with E-state index in [0.29, 0.717) is 11.6 Å². The van der Waals surface area contributed by atoms with Gasteiger partial charge >= 0.3 is 0 Å². The summed E-state index contributed by atoms with van der Waals surface area (Å²) in [5.74, 6) is 0.723. The standard InChI is InChI=1S/C20H12Cl2N2O/c21-13-6-7-18-12(9-13)10-19(25-18)20-17-5-2-8-24(17)16-4-1-3-15(22)14(16)11-23-20/h1-10H,11H2. The molecule has 5 rings (SSSR count). The number of furan rings is 1. The van der Waals surface area contributed by atoms with Crippen molar-refractivity contribution in [1.29, 1.82) is 0 Å². The van der Waals surface area contributed by atoms with Crippen LogP contribution in [0.1, 0.15) is 17.0 Å². The molecule has 1 aliphatic heterocycles. The van der Waals surface area contributed by atoms with Crippen molar-refractivity contribution in [2.45, 2.75) is 6.54 Å². The van der Waals surface area contributed by atoms with Crippen LogP contribution in [0, 0.1) is 0 Å². The fourth-order valence-corrected chi connectivity index (χ4v) is 3.70. The van der Waals surface area contributed by atoms with Gasteiger partial charge in [0.2, 0.25) is 0 Å². The van der Waals surface area contributed by atoms with Crippen LogP contribution in [0.4, 0.5) is 0 Å². The Morgan fingerprint density at radius 3 is 2.84 bits per heavy atom. The molecule has 0 saturated carbocycles. The Kier molecular flexibility index (Phi) is 3.27. The molecule has 25 heavy (non-hydrogen) atoms. The fourth-order valence-electron chi connectivity index (χ4n) is 3.29. The van der Waals surface area contributed by atoms with E-state index in [1.165, 1.54) is 0 Å². The van der Waals surface area contributed by atoms with Gasteiger partial charge in [-0.05, 0) is 48.5 Å². The van der Waals surface area contributed by atoms with Gasteiger partial charge in [-0.2, -0.15) is 0 Å². The topological polar surface area (TPSA) is 30.4 Å². The second kappa shape index (κ2) is 5.51. The number of fused-ring (bicyclic) bond motifs is 4. The average Bonchev–Trinajstić information content (AvgIpc) is 3.20. The summed E-state index contributed by atoms with van der Waals surface area (Å²) >= 11 is 12.5. The van der Waals surface area contributed by atoms with E-state index in [4.69, 9.17) is 32.6 Å². The maximum Gasteiger partial charge on any atom is 0.155 e. The first-order valence-electron chi connectivity index (χ1n) is 7.90. The average molecular weight is 367 g/mol. The first-order valence-corrected chi connectivity index (χ1v) is 8.66. The molecule has 3 heterocycles. The minimum atomic E-state index is 0.504. The molecule has 0 bridgehead atoms. The number of hydrogen-bond acceptors (Lipinski definition) is 2. The summed E-state index contributed by atoms with van der Waals surface area (Å²) in [6.45, 7) is 0.504. The maximum atomic E-state index is 6.40. The fraction of sp³-hybridized carbons (Fsp3) is 0.0500. The highest BCUT2D eigenvalue weighted by atomic mass is 35.5. The summed E-state index contributed by atoms with van der Waals surface area (Å²) in [4.78, 5) is 4.81. The third-order valence-electron chi connectivity index (χ3n) is 4.45. The quantitative estimate of drug-likeness (QED) is 0.413. The number of aliphatic imine (C=N–C) groups is 1. The van der Waals surface area contributed by atoms with Crippen LogP contribution in [-0.4, -0.2) is 10.3 Å². The third kappa shape index (κ3) is 2.31. The Hall–Kier alpha value is -2.49. The van der Waals surface area contributed by atoms with Crippen LogP contribution in [0.2, 0.25) is 10.0 Å². The molecule has 2 aromatic carbocycles. The zero-order valence-corrected chi connectivity index (χ0v) is 14.6. The van der Waals surface area contributed by atoms with E-state index in [1.807, 2.05) is 54.7 Å². The molecule has 122 valence electrons. The lowest BCUT2D eigenvalue weighted by molar-refractivity contribution is 0.604. The number of aromatic nitrogens is 1. The smallest absolute Gasteiger partial charge is 0.155 e. The largest absolute Gasteiger partial charge is 0.454 e. The molecule has 0 saturated heterocycles. The van der Waals surface area contributed by atoms with Gasteiger partial charge in [0.25, 0.3) is 0 Å². The molecule has 2 aromatic heterocycles. The van der Waals surface area contributed by atoms with Gasteiger partial charge < -0.3 is 8.98 Å². The van der Waals surface area contributed by atoms with Crippen molar-refractivity contribution >= 4 is 39.9 Å². The van der Waals surface area contributed by atoms with Crippen LogP contribution in [0.5, 0.6) is 0 Å². The number of benzene rings is 2. The first kappa shape index (κ1) is 14.8. The van der Waals surface area contributed by atoms with Crippen molar-refractivity contribution in [2.75, 3.05) is 0 Å². The lowest BCUT2D eigenvalue weighted by Crippen LogP contribution is -2.07. The van der Waals surface area contributed by atoms with E-state index in [-0.39, 0.29) is 0 Å². The van der Waals surface area contributed by atoms with Crippen LogP contribution in [0.25, 0.3) is 16.7 Å². The molecule has 5 heteroatoms. The zero-order valence-electron chi connectivity index (χ0n) is 13.0. The molecular weight excluding hydrogens is 355 g/mol. The van der Waals surface area contributed by atoms with Gasteiger partial charge in [0.1, 0.15) is 11.3 Å². The predicted molar refractivity (Wildman–Crippen MR) is 101 cm³/mol. The van der Waals surface area contributed by atoms with Crippen molar-refractivity contribution in [3.05, 3.63) is 87.9 Å². The molecule has 0 aliphatic carbocycles. The summed E-state index contributed by atoms with van der Waals surface area (Å²) in [6.07, 6.45) is 2.02. The molecule has 3 nitrogen and oxygen atoms in total. The summed E-state index contributed by atoms with van der Waals surface area (Å²) in [6, 6.07) is 17.5. The summed E-state index contributed by atoms with van der Waals surface area (Å²) in [5.41, 5.74) is 4.64. The molecule has 0 radical (unpaired) electrons. The molecule has 0 spiro atoms. The van der Waals surface area contributed by atoms with E-state index in [0.717, 1.165) is 44.4 Å². The molecular formula is C20H12Cl2N2O. The van der Waals surface area contributed by atoms with Gasteiger partial charge in [0.05, 0.1) is 17.9 Å². The number of halogens is 2. The highest BCUT2D eigenvalue weighted by Crippen LogP contribution is 2.31. The molecule has 0 fully saturated rings. The van der Waals surface area contributed by atoms with E-state index in [9.17, 15) is 0 Å². The Bertz CT molecular complexity index is 1150. The van der Waals surface area contributed by atoms with E-state index in [2.05, 4.69) is 10.6 Å². The van der Waals surface area contributed by atoms with Crippen molar-refractivity contribution in [3.8, 4) is 5.69 Å². The Labute approximate surface area is 154 Å². The van der Waals surface area contributed by atoms with E-state index >= 15 is 0 Å². The lowest BCUT2D eigenvalue weighted by atomic mass is 10.1. The van der Waals surface area contributed by atoms with Crippen molar-refractivity contribution in [1.82, 2.24) is 4.57 Å². The molecule has 0 atom stereocenters. The SMILES string of the molecule is Clc1ccc2oc(C3=NCc4c(Cl)cccc4-n4cccc43)cc2c1. The number of hydrogen-bond donors (Lipinski definition) is 0. The lowest BCUT2D eigenvalue weighted by Gasteiger charge is -2.10. The van der Waals surface area contributed by atoms with Gasteiger partial charge in [0.15, 0.2) is 5.76 Å². The van der Waals surface area contributed by atoms with Gasteiger partial charge in [-0.3, -0.25) is 4.99 Å². The minimum Gasteiger partial charge on any atom is -0.454 e. The van der Waals surface area contributed by atoms with Crippen molar-refractivity contribution in [3.63, 3.8) is 0 Å². The molecule has 0 unspecified atom stereocenters. The predicted octanol–water partition coefficient (Wildman–Crippen LogP) is 5.88.